The number of piperazine rings is 1. The Balaban J connectivity index is 2.50. The SMILES string of the molecule is CCC(N)C(=O)N1CCNC(=O)C1. The molecule has 1 saturated heterocycles. The summed E-state index contributed by atoms with van der Waals surface area (Å²) in [7, 11) is 0. The number of hydrogen-bond donors (Lipinski definition) is 2. The Hall–Kier alpha value is -1.10. The van der Waals surface area contributed by atoms with Crippen LogP contribution < -0.4 is 11.1 Å². The maximum Gasteiger partial charge on any atom is 0.240 e. The van der Waals surface area contributed by atoms with Crippen LogP contribution in [0.2, 0.25) is 0 Å². The Morgan fingerprint density at radius 3 is 3.00 bits per heavy atom. The molecule has 1 aliphatic rings. The summed E-state index contributed by atoms with van der Waals surface area (Å²) in [5.74, 6) is -0.236. The van der Waals surface area contributed by atoms with Gasteiger partial charge in [0.05, 0.1) is 12.6 Å². The molecule has 1 unspecified atom stereocenters. The van der Waals surface area contributed by atoms with Crippen LogP contribution in [0.5, 0.6) is 0 Å². The molecule has 13 heavy (non-hydrogen) atoms. The molecule has 5 heteroatoms. The zero-order valence-corrected chi connectivity index (χ0v) is 7.75. The van der Waals surface area contributed by atoms with Crippen LogP contribution in [0.4, 0.5) is 0 Å². The third-order valence-corrected chi connectivity index (χ3v) is 2.11. The van der Waals surface area contributed by atoms with Crippen LogP contribution in [0.15, 0.2) is 0 Å². The van der Waals surface area contributed by atoms with Crippen LogP contribution in [-0.4, -0.2) is 42.4 Å². The van der Waals surface area contributed by atoms with E-state index in [1.54, 1.807) is 0 Å². The van der Waals surface area contributed by atoms with Gasteiger partial charge in [0.2, 0.25) is 11.8 Å². The quantitative estimate of drug-likeness (QED) is 0.560. The van der Waals surface area contributed by atoms with E-state index in [9.17, 15) is 9.59 Å². The Labute approximate surface area is 77.3 Å². The van der Waals surface area contributed by atoms with E-state index in [1.165, 1.54) is 4.90 Å². The number of rotatable bonds is 2. The van der Waals surface area contributed by atoms with Crippen molar-refractivity contribution in [3.63, 3.8) is 0 Å². The second-order valence-electron chi connectivity index (χ2n) is 3.12. The Kier molecular flexibility index (Phi) is 3.25. The van der Waals surface area contributed by atoms with Gasteiger partial charge >= 0.3 is 0 Å². The Bertz CT molecular complexity index is 217. The van der Waals surface area contributed by atoms with Gasteiger partial charge in [-0.15, -0.1) is 0 Å². The van der Waals surface area contributed by atoms with Gasteiger partial charge in [0.15, 0.2) is 0 Å². The van der Waals surface area contributed by atoms with Gasteiger partial charge in [0.1, 0.15) is 0 Å². The van der Waals surface area contributed by atoms with Gasteiger partial charge in [-0.05, 0) is 6.42 Å². The van der Waals surface area contributed by atoms with Crippen molar-refractivity contribution in [2.75, 3.05) is 19.6 Å². The maximum atomic E-state index is 11.5. The molecule has 74 valence electrons. The normalized spacial score (nSPS) is 19.5. The van der Waals surface area contributed by atoms with Crippen molar-refractivity contribution in [2.45, 2.75) is 19.4 Å². The number of nitrogens with two attached hydrogens (primary N) is 1. The van der Waals surface area contributed by atoms with Gasteiger partial charge in [-0.1, -0.05) is 6.92 Å². The smallest absolute Gasteiger partial charge is 0.240 e. The fourth-order valence-electron chi connectivity index (χ4n) is 1.24. The molecular formula is C8H15N3O2. The van der Waals surface area contributed by atoms with E-state index in [0.717, 1.165) is 0 Å². The van der Waals surface area contributed by atoms with Crippen LogP contribution in [0.25, 0.3) is 0 Å². The average Bonchev–Trinajstić information content (AvgIpc) is 2.15. The second-order valence-corrected chi connectivity index (χ2v) is 3.12. The fourth-order valence-corrected chi connectivity index (χ4v) is 1.24. The molecule has 0 radical (unpaired) electrons. The lowest BCUT2D eigenvalue weighted by Gasteiger charge is -2.28. The van der Waals surface area contributed by atoms with Gasteiger partial charge in [0, 0.05) is 13.1 Å². The number of nitrogens with zero attached hydrogens (tertiary/aromatic N) is 1. The molecular weight excluding hydrogens is 170 g/mol. The molecule has 0 aliphatic carbocycles. The Morgan fingerprint density at radius 2 is 2.46 bits per heavy atom. The van der Waals surface area contributed by atoms with Crippen molar-refractivity contribution in [1.82, 2.24) is 10.2 Å². The lowest BCUT2D eigenvalue weighted by molar-refractivity contribution is -0.139. The number of amides is 2. The molecule has 1 atom stereocenters. The van der Waals surface area contributed by atoms with Gasteiger partial charge in [0.25, 0.3) is 0 Å². The highest BCUT2D eigenvalue weighted by molar-refractivity contribution is 5.88. The molecule has 0 spiro atoms. The van der Waals surface area contributed by atoms with E-state index in [2.05, 4.69) is 5.32 Å². The first-order valence-electron chi connectivity index (χ1n) is 4.46. The monoisotopic (exact) mass is 185 g/mol. The zero-order valence-electron chi connectivity index (χ0n) is 7.75. The van der Waals surface area contributed by atoms with Crippen LogP contribution in [0.1, 0.15) is 13.3 Å². The lowest BCUT2D eigenvalue weighted by atomic mass is 10.2. The molecule has 1 heterocycles. The molecule has 0 aromatic rings. The van der Waals surface area contributed by atoms with Crippen molar-refractivity contribution in [3.05, 3.63) is 0 Å². The van der Waals surface area contributed by atoms with E-state index in [0.29, 0.717) is 19.5 Å². The van der Waals surface area contributed by atoms with Gasteiger partial charge in [-0.3, -0.25) is 9.59 Å². The van der Waals surface area contributed by atoms with Crippen molar-refractivity contribution < 1.29 is 9.59 Å². The molecule has 0 aromatic heterocycles. The van der Waals surface area contributed by atoms with Crippen LogP contribution >= 0.6 is 0 Å². The van der Waals surface area contributed by atoms with Crippen LogP contribution in [0.3, 0.4) is 0 Å². The highest BCUT2D eigenvalue weighted by Crippen LogP contribution is 1.99. The highest BCUT2D eigenvalue weighted by atomic mass is 16.2. The third-order valence-electron chi connectivity index (χ3n) is 2.11. The van der Waals surface area contributed by atoms with Crippen LogP contribution in [-0.2, 0) is 9.59 Å². The van der Waals surface area contributed by atoms with Crippen molar-refractivity contribution >= 4 is 11.8 Å². The molecule has 0 bridgehead atoms. The minimum Gasteiger partial charge on any atom is -0.353 e. The summed E-state index contributed by atoms with van der Waals surface area (Å²) >= 11 is 0. The molecule has 0 aromatic carbocycles. The predicted molar refractivity (Wildman–Crippen MR) is 47.9 cm³/mol. The van der Waals surface area contributed by atoms with Crippen LogP contribution in [0, 0.1) is 0 Å². The standard InChI is InChI=1S/C8H15N3O2/c1-2-6(9)8(13)11-4-3-10-7(12)5-11/h6H,2-5,9H2,1H3,(H,10,12). The molecule has 2 amide bonds. The second kappa shape index (κ2) is 4.23. The molecule has 1 rings (SSSR count). The summed E-state index contributed by atoms with van der Waals surface area (Å²) < 4.78 is 0. The third kappa shape index (κ3) is 2.42. The first kappa shape index (κ1) is 9.98. The number of carbonyl (C=O) groups excluding carboxylic acids is 2. The summed E-state index contributed by atoms with van der Waals surface area (Å²) in [6.45, 7) is 3.10. The molecule has 1 fully saturated rings. The fraction of sp³-hybridized carbons (Fsp3) is 0.750. The van der Waals surface area contributed by atoms with Crippen molar-refractivity contribution in [2.24, 2.45) is 5.73 Å². The number of carbonyl (C=O) groups is 2. The predicted octanol–water partition coefficient (Wildman–Crippen LogP) is -1.32. The molecule has 3 N–H and O–H groups in total. The largest absolute Gasteiger partial charge is 0.353 e. The summed E-state index contributed by atoms with van der Waals surface area (Å²) in [5.41, 5.74) is 5.57. The minimum atomic E-state index is -0.467. The van der Waals surface area contributed by atoms with E-state index in [1.807, 2.05) is 6.92 Å². The first-order chi connectivity index (χ1) is 6.15. The van der Waals surface area contributed by atoms with Crippen molar-refractivity contribution in [3.8, 4) is 0 Å². The number of nitrogens with one attached hydrogen (secondary N) is 1. The van der Waals surface area contributed by atoms with E-state index in [-0.39, 0.29) is 18.4 Å². The summed E-state index contributed by atoms with van der Waals surface area (Å²) in [4.78, 5) is 23.9. The Morgan fingerprint density at radius 1 is 1.77 bits per heavy atom. The van der Waals surface area contributed by atoms with E-state index < -0.39 is 6.04 Å². The lowest BCUT2D eigenvalue weighted by Crippen LogP contribution is -2.54. The first-order valence-corrected chi connectivity index (χ1v) is 4.46. The van der Waals surface area contributed by atoms with Crippen molar-refractivity contribution in [1.29, 1.82) is 0 Å². The highest BCUT2D eigenvalue weighted by Gasteiger charge is 2.24. The number of hydrogen-bond acceptors (Lipinski definition) is 3. The zero-order chi connectivity index (χ0) is 9.84. The molecule has 1 aliphatic heterocycles. The summed E-state index contributed by atoms with van der Waals surface area (Å²) in [6.07, 6.45) is 0.608. The van der Waals surface area contributed by atoms with E-state index >= 15 is 0 Å². The van der Waals surface area contributed by atoms with Gasteiger partial charge in [-0.2, -0.15) is 0 Å². The summed E-state index contributed by atoms with van der Waals surface area (Å²) in [6, 6.07) is -0.467. The molecule has 5 nitrogen and oxygen atoms in total. The van der Waals surface area contributed by atoms with Gasteiger partial charge in [-0.25, -0.2) is 0 Å². The minimum absolute atomic E-state index is 0.108. The topological polar surface area (TPSA) is 75.4 Å². The maximum absolute atomic E-state index is 11.5. The van der Waals surface area contributed by atoms with E-state index in [4.69, 9.17) is 5.73 Å². The summed E-state index contributed by atoms with van der Waals surface area (Å²) in [5, 5.41) is 2.65. The molecule has 0 saturated carbocycles. The average molecular weight is 185 g/mol. The van der Waals surface area contributed by atoms with Gasteiger partial charge < -0.3 is 16.0 Å².